The molecule has 0 heterocycles. The average Bonchev–Trinajstić information content (AvgIpc) is 3.42. The molecule has 2 N–H and O–H groups in total. The molecule has 0 bridgehead atoms. The van der Waals surface area contributed by atoms with Gasteiger partial charge in [-0.3, -0.25) is 9.59 Å². The summed E-state index contributed by atoms with van der Waals surface area (Å²) in [5.41, 5.74) is 2.21. The van der Waals surface area contributed by atoms with Crippen LogP contribution in [0, 0.1) is 17.3 Å². The summed E-state index contributed by atoms with van der Waals surface area (Å²) < 4.78 is 5.36. The second-order valence-corrected chi connectivity index (χ2v) is 16.9. The Labute approximate surface area is 334 Å². The van der Waals surface area contributed by atoms with Crippen molar-refractivity contribution >= 4 is 29.2 Å². The first-order valence-electron chi connectivity index (χ1n) is 22.1. The van der Waals surface area contributed by atoms with Crippen LogP contribution >= 0.6 is 11.6 Å². The van der Waals surface area contributed by atoms with E-state index in [4.69, 9.17) is 16.3 Å². The Morgan fingerprint density at radius 1 is 0.889 bits per heavy atom. The second kappa shape index (κ2) is 26.7. The van der Waals surface area contributed by atoms with Crippen molar-refractivity contribution in [3.8, 4) is 0 Å². The highest BCUT2D eigenvalue weighted by molar-refractivity contribution is 6.21. The number of aryl methyl sites for hydroxylation is 1. The van der Waals surface area contributed by atoms with E-state index in [1.54, 1.807) is 4.90 Å². The molecule has 1 amide bonds. The third-order valence-electron chi connectivity index (χ3n) is 12.5. The lowest BCUT2D eigenvalue weighted by molar-refractivity contribution is -0.147. The topological polar surface area (TPSA) is 87.1 Å². The van der Waals surface area contributed by atoms with Gasteiger partial charge in [0.2, 0.25) is 0 Å². The van der Waals surface area contributed by atoms with Gasteiger partial charge in [0.25, 0.3) is 5.91 Å². The lowest BCUT2D eigenvalue weighted by Gasteiger charge is -2.45. The first-order valence-corrected chi connectivity index (χ1v) is 22.5. The van der Waals surface area contributed by atoms with E-state index in [-0.39, 0.29) is 53.6 Å². The number of anilines is 1. The summed E-state index contributed by atoms with van der Waals surface area (Å²) in [5.74, 6) is -0.464. The van der Waals surface area contributed by atoms with Crippen molar-refractivity contribution in [2.75, 3.05) is 18.1 Å². The maximum absolute atomic E-state index is 13.0. The zero-order valence-electron chi connectivity index (χ0n) is 34.3. The van der Waals surface area contributed by atoms with E-state index >= 15 is 0 Å². The van der Waals surface area contributed by atoms with Gasteiger partial charge in [-0.25, -0.2) is 0 Å². The molecule has 2 aliphatic rings. The van der Waals surface area contributed by atoms with Crippen LogP contribution in [0.3, 0.4) is 0 Å². The maximum atomic E-state index is 13.0. The molecule has 7 heteroatoms. The minimum absolute atomic E-state index is 0.0228. The molecule has 6 nitrogen and oxygen atoms in total. The number of ether oxygens (including phenoxy) is 1. The number of carbonyl (C=O) groups is 2. The Morgan fingerprint density at radius 2 is 1.52 bits per heavy atom. The fourth-order valence-electron chi connectivity index (χ4n) is 8.55. The number of benzene rings is 1. The molecule has 2 aliphatic carbocycles. The minimum Gasteiger partial charge on any atom is -0.456 e. The van der Waals surface area contributed by atoms with Crippen molar-refractivity contribution in [1.29, 1.82) is 0 Å². The molecular weight excluding hydrogens is 694 g/mol. The summed E-state index contributed by atoms with van der Waals surface area (Å²) in [4.78, 5) is 27.1. The Morgan fingerprint density at radius 3 is 2.09 bits per heavy atom. The fourth-order valence-corrected chi connectivity index (χ4v) is 9.01. The number of rotatable bonds is 29. The maximum Gasteiger partial charge on any atom is 0.306 e. The van der Waals surface area contributed by atoms with E-state index < -0.39 is 6.10 Å². The first kappa shape index (κ1) is 46.2. The summed E-state index contributed by atoms with van der Waals surface area (Å²) >= 11 is 6.64. The SMILES string of the molecule is CCCCCCCCCCCCCCCc1ccc(N(CC)C(=O)COC(=O)CCC/C=C\C[C@@H]2[C@@H](/C=C/C[C@H](O)C3(CC)CCC3)[C@H](O)C[C@H]2Cl)cc1. The second-order valence-electron chi connectivity index (χ2n) is 16.4. The third-order valence-corrected chi connectivity index (χ3v) is 13.0. The van der Waals surface area contributed by atoms with Gasteiger partial charge >= 0.3 is 5.97 Å². The molecule has 0 radical (unpaired) electrons. The number of unbranched alkanes of at least 4 members (excludes halogenated alkanes) is 13. The summed E-state index contributed by atoms with van der Waals surface area (Å²) in [6.45, 7) is 6.64. The van der Waals surface area contributed by atoms with Gasteiger partial charge in [-0.2, -0.15) is 0 Å². The molecule has 54 heavy (non-hydrogen) atoms. The zero-order valence-corrected chi connectivity index (χ0v) is 35.1. The molecule has 1 aromatic carbocycles. The largest absolute Gasteiger partial charge is 0.456 e. The molecule has 0 spiro atoms. The van der Waals surface area contributed by atoms with Crippen LogP contribution in [-0.4, -0.2) is 52.8 Å². The van der Waals surface area contributed by atoms with Crippen LogP contribution < -0.4 is 4.90 Å². The summed E-state index contributed by atoms with van der Waals surface area (Å²) in [5, 5.41) is 21.3. The fraction of sp³-hybridized carbons (Fsp3) is 0.745. The van der Waals surface area contributed by atoms with Gasteiger partial charge in [0.15, 0.2) is 6.61 Å². The van der Waals surface area contributed by atoms with Gasteiger partial charge < -0.3 is 19.8 Å². The number of alkyl halides is 1. The van der Waals surface area contributed by atoms with Crippen LogP contribution in [0.5, 0.6) is 0 Å². The summed E-state index contributed by atoms with van der Waals surface area (Å²) in [6.07, 6.45) is 34.2. The van der Waals surface area contributed by atoms with Gasteiger partial charge in [-0.1, -0.05) is 134 Å². The van der Waals surface area contributed by atoms with Gasteiger partial charge in [0.1, 0.15) is 0 Å². The molecule has 1 aromatic rings. The summed E-state index contributed by atoms with van der Waals surface area (Å²) in [7, 11) is 0. The van der Waals surface area contributed by atoms with Gasteiger partial charge in [-0.15, -0.1) is 11.6 Å². The molecule has 0 saturated heterocycles. The number of aliphatic hydroxyl groups excluding tert-OH is 2. The highest BCUT2D eigenvalue weighted by Gasteiger charge is 2.42. The predicted molar refractivity (Wildman–Crippen MR) is 226 cm³/mol. The summed E-state index contributed by atoms with van der Waals surface area (Å²) in [6, 6.07) is 8.25. The number of carbonyl (C=O) groups excluding carboxylic acids is 2. The number of likely N-dealkylation sites (N-methyl/N-ethyl adjacent to an activating group) is 1. The number of esters is 1. The molecule has 5 atom stereocenters. The monoisotopic (exact) mass is 770 g/mol. The van der Waals surface area contributed by atoms with Crippen molar-refractivity contribution in [1.82, 2.24) is 0 Å². The van der Waals surface area contributed by atoms with Crippen molar-refractivity contribution in [3.05, 3.63) is 54.1 Å². The lowest BCUT2D eigenvalue weighted by atomic mass is 9.63. The molecule has 0 aliphatic heterocycles. The highest BCUT2D eigenvalue weighted by Crippen LogP contribution is 2.48. The minimum atomic E-state index is -0.470. The Kier molecular flexibility index (Phi) is 22.8. The van der Waals surface area contributed by atoms with E-state index in [0.717, 1.165) is 44.2 Å². The zero-order chi connectivity index (χ0) is 39.0. The number of aliphatic hydroxyl groups is 2. The van der Waals surface area contributed by atoms with Gasteiger partial charge in [0, 0.05) is 29.9 Å². The van der Waals surface area contributed by atoms with Crippen LogP contribution in [-0.2, 0) is 20.7 Å². The Bertz CT molecular complexity index is 1220. The number of nitrogens with zero attached hydrogens (tertiary/aromatic N) is 1. The van der Waals surface area contributed by atoms with Crippen LogP contribution in [0.15, 0.2) is 48.6 Å². The van der Waals surface area contributed by atoms with E-state index in [1.807, 2.05) is 25.1 Å². The van der Waals surface area contributed by atoms with Crippen LogP contribution in [0.4, 0.5) is 5.69 Å². The average molecular weight is 771 g/mol. The van der Waals surface area contributed by atoms with Gasteiger partial charge in [0.05, 0.1) is 12.2 Å². The van der Waals surface area contributed by atoms with E-state index in [9.17, 15) is 19.8 Å². The number of hydrogen-bond donors (Lipinski definition) is 2. The van der Waals surface area contributed by atoms with Gasteiger partial charge in [-0.05, 0) is 100 Å². The first-order chi connectivity index (χ1) is 26.2. The van der Waals surface area contributed by atoms with Crippen molar-refractivity contribution in [3.63, 3.8) is 0 Å². The number of hydrogen-bond acceptors (Lipinski definition) is 5. The Balaban J connectivity index is 1.26. The van der Waals surface area contributed by atoms with Crippen LogP contribution in [0.25, 0.3) is 0 Å². The van der Waals surface area contributed by atoms with Crippen LogP contribution in [0.1, 0.15) is 174 Å². The Hall–Kier alpha value is -2.15. The van der Waals surface area contributed by atoms with Crippen molar-refractivity contribution in [2.24, 2.45) is 17.3 Å². The smallest absolute Gasteiger partial charge is 0.306 e. The molecule has 3 rings (SSSR count). The van der Waals surface area contributed by atoms with E-state index in [2.05, 4.69) is 44.2 Å². The molecule has 306 valence electrons. The number of allylic oxidation sites excluding steroid dienone is 2. The number of amides is 1. The predicted octanol–water partition coefficient (Wildman–Crippen LogP) is 11.8. The molecule has 2 saturated carbocycles. The van der Waals surface area contributed by atoms with E-state index in [1.165, 1.54) is 95.5 Å². The van der Waals surface area contributed by atoms with Crippen LogP contribution in [0.2, 0.25) is 0 Å². The molecule has 0 aromatic heterocycles. The quantitative estimate of drug-likeness (QED) is 0.0367. The third kappa shape index (κ3) is 16.1. The molecule has 0 unspecified atom stereocenters. The lowest BCUT2D eigenvalue weighted by Crippen LogP contribution is -2.40. The highest BCUT2D eigenvalue weighted by atomic mass is 35.5. The van der Waals surface area contributed by atoms with E-state index in [0.29, 0.717) is 25.8 Å². The molecule has 2 fully saturated rings. The number of halogens is 1. The van der Waals surface area contributed by atoms with Crippen molar-refractivity contribution < 1.29 is 24.5 Å². The standard InChI is InChI=1S/C47H76ClNO5/c1-4-7-8-9-10-11-12-13-14-15-16-17-20-25-38-30-32-39(33-31-38)49(6-3)45(52)37-54-46(53)29-22-19-18-21-26-40-41(43(50)36-42(40)48)27-23-28-44(51)47(5-2)34-24-35-47/h18,21,23,27,30-33,40-44,50-51H,4-17,19-20,22,24-26,28-29,34-37H2,1-3H3/b21-18-,27-23+/t40-,41-,42-,43-,44+/m1/s1. The van der Waals surface area contributed by atoms with Crippen molar-refractivity contribution in [2.45, 2.75) is 192 Å². The molecular formula is C47H76ClNO5. The normalized spacial score (nSPS) is 21.4.